The average molecular weight is 335 g/mol. The first-order chi connectivity index (χ1) is 9.69. The van der Waals surface area contributed by atoms with Crippen LogP contribution >= 0.6 is 15.9 Å². The topological polar surface area (TPSA) is 47.1 Å². The zero-order valence-corrected chi connectivity index (χ0v) is 13.2. The van der Waals surface area contributed by atoms with Crippen LogP contribution in [-0.4, -0.2) is 22.6 Å². The first-order valence-corrected chi connectivity index (χ1v) is 7.74. The minimum absolute atomic E-state index is 0.655. The molecular weight excluding hydrogens is 316 g/mol. The van der Waals surface area contributed by atoms with Gasteiger partial charge in [0.2, 0.25) is 0 Å². The van der Waals surface area contributed by atoms with E-state index in [4.69, 9.17) is 5.73 Å². The van der Waals surface area contributed by atoms with Crippen molar-refractivity contribution in [3.8, 4) is 0 Å². The molecule has 20 heavy (non-hydrogen) atoms. The van der Waals surface area contributed by atoms with Crippen molar-refractivity contribution in [3.63, 3.8) is 0 Å². The van der Waals surface area contributed by atoms with Crippen LogP contribution in [0.4, 0.5) is 5.69 Å². The number of hydrogen-bond acceptors (Lipinski definition) is 3. The standard InChI is InChI=1S/C15H19BrN4/c1-11-18-14(6-7-17)15-10-19(8-9-20(11)15)13-4-2-12(16)3-5-13/h2-5H,6-10,17H2,1H3. The number of halogens is 1. The van der Waals surface area contributed by atoms with Gasteiger partial charge >= 0.3 is 0 Å². The number of fused-ring (bicyclic) bond motifs is 1. The number of rotatable bonds is 3. The quantitative estimate of drug-likeness (QED) is 0.937. The Labute approximate surface area is 127 Å². The van der Waals surface area contributed by atoms with E-state index >= 15 is 0 Å². The SMILES string of the molecule is Cc1nc(CCN)c2n1CCN(c1ccc(Br)cc1)C2. The molecule has 2 N–H and O–H groups in total. The lowest BCUT2D eigenvalue weighted by Gasteiger charge is -2.31. The highest BCUT2D eigenvalue weighted by Crippen LogP contribution is 2.25. The average Bonchev–Trinajstić information content (AvgIpc) is 2.76. The fraction of sp³-hybridized carbons (Fsp3) is 0.400. The predicted molar refractivity (Wildman–Crippen MR) is 84.9 cm³/mol. The molecule has 0 bridgehead atoms. The molecule has 0 saturated heterocycles. The van der Waals surface area contributed by atoms with E-state index in [0.29, 0.717) is 6.54 Å². The number of aryl methyl sites for hydroxylation is 1. The van der Waals surface area contributed by atoms with E-state index in [9.17, 15) is 0 Å². The maximum absolute atomic E-state index is 5.70. The van der Waals surface area contributed by atoms with Gasteiger partial charge in [0.25, 0.3) is 0 Å². The van der Waals surface area contributed by atoms with Crippen molar-refractivity contribution in [2.24, 2.45) is 5.73 Å². The minimum Gasteiger partial charge on any atom is -0.364 e. The van der Waals surface area contributed by atoms with Crippen LogP contribution < -0.4 is 10.6 Å². The summed E-state index contributed by atoms with van der Waals surface area (Å²) in [7, 11) is 0. The molecule has 1 aliphatic heterocycles. The second-order valence-electron chi connectivity index (χ2n) is 5.14. The lowest BCUT2D eigenvalue weighted by Crippen LogP contribution is -2.34. The Kier molecular flexibility index (Phi) is 3.81. The number of nitrogens with zero attached hydrogens (tertiary/aromatic N) is 3. The second-order valence-corrected chi connectivity index (χ2v) is 6.06. The van der Waals surface area contributed by atoms with Gasteiger partial charge in [-0.25, -0.2) is 4.98 Å². The summed E-state index contributed by atoms with van der Waals surface area (Å²) in [6.07, 6.45) is 0.858. The van der Waals surface area contributed by atoms with Gasteiger partial charge in [-0.2, -0.15) is 0 Å². The molecule has 2 heterocycles. The van der Waals surface area contributed by atoms with Gasteiger partial charge in [0.05, 0.1) is 17.9 Å². The smallest absolute Gasteiger partial charge is 0.106 e. The van der Waals surface area contributed by atoms with Gasteiger partial charge in [0, 0.05) is 29.7 Å². The zero-order valence-electron chi connectivity index (χ0n) is 11.6. The van der Waals surface area contributed by atoms with Crippen LogP contribution in [0, 0.1) is 6.92 Å². The third-order valence-corrected chi connectivity index (χ3v) is 4.38. The van der Waals surface area contributed by atoms with E-state index in [2.05, 4.69) is 61.6 Å². The molecule has 0 spiro atoms. The van der Waals surface area contributed by atoms with Crippen molar-refractivity contribution in [2.75, 3.05) is 18.0 Å². The van der Waals surface area contributed by atoms with E-state index < -0.39 is 0 Å². The molecule has 3 rings (SSSR count). The number of hydrogen-bond donors (Lipinski definition) is 1. The molecule has 1 aromatic carbocycles. The van der Waals surface area contributed by atoms with Crippen LogP contribution in [0.1, 0.15) is 17.2 Å². The molecule has 0 unspecified atom stereocenters. The Bertz CT molecular complexity index is 603. The van der Waals surface area contributed by atoms with Gasteiger partial charge in [-0.3, -0.25) is 0 Å². The Morgan fingerprint density at radius 2 is 2.00 bits per heavy atom. The van der Waals surface area contributed by atoms with Crippen molar-refractivity contribution in [1.29, 1.82) is 0 Å². The molecule has 1 aliphatic rings. The van der Waals surface area contributed by atoms with Crippen LogP contribution in [0.15, 0.2) is 28.7 Å². The highest BCUT2D eigenvalue weighted by Gasteiger charge is 2.22. The van der Waals surface area contributed by atoms with Crippen LogP contribution in [0.3, 0.4) is 0 Å². The summed E-state index contributed by atoms with van der Waals surface area (Å²) in [5.74, 6) is 1.11. The molecule has 0 radical (unpaired) electrons. The van der Waals surface area contributed by atoms with Crippen molar-refractivity contribution in [3.05, 3.63) is 46.0 Å². The van der Waals surface area contributed by atoms with Gasteiger partial charge in [0.1, 0.15) is 5.82 Å². The Morgan fingerprint density at radius 3 is 2.70 bits per heavy atom. The molecule has 0 amide bonds. The molecule has 0 atom stereocenters. The van der Waals surface area contributed by atoms with Gasteiger partial charge in [0.15, 0.2) is 0 Å². The number of anilines is 1. The summed E-state index contributed by atoms with van der Waals surface area (Å²) in [6.45, 7) is 5.67. The number of nitrogens with two attached hydrogens (primary N) is 1. The van der Waals surface area contributed by atoms with Crippen molar-refractivity contribution < 1.29 is 0 Å². The van der Waals surface area contributed by atoms with E-state index in [1.807, 2.05) is 0 Å². The Balaban J connectivity index is 1.89. The largest absolute Gasteiger partial charge is 0.364 e. The van der Waals surface area contributed by atoms with Gasteiger partial charge < -0.3 is 15.2 Å². The first kappa shape index (κ1) is 13.6. The number of imidazole rings is 1. The van der Waals surface area contributed by atoms with Crippen molar-refractivity contribution in [2.45, 2.75) is 26.4 Å². The summed E-state index contributed by atoms with van der Waals surface area (Å²) in [6, 6.07) is 8.50. The summed E-state index contributed by atoms with van der Waals surface area (Å²) in [5.41, 5.74) is 9.44. The summed E-state index contributed by atoms with van der Waals surface area (Å²) < 4.78 is 3.45. The normalized spacial score (nSPS) is 14.4. The molecule has 0 saturated carbocycles. The van der Waals surface area contributed by atoms with Crippen molar-refractivity contribution in [1.82, 2.24) is 9.55 Å². The summed E-state index contributed by atoms with van der Waals surface area (Å²) in [4.78, 5) is 7.08. The molecular formula is C15H19BrN4. The molecule has 4 nitrogen and oxygen atoms in total. The zero-order chi connectivity index (χ0) is 14.1. The summed E-state index contributed by atoms with van der Waals surface area (Å²) >= 11 is 3.48. The lowest BCUT2D eigenvalue weighted by atomic mass is 10.2. The highest BCUT2D eigenvalue weighted by atomic mass is 79.9. The maximum atomic E-state index is 5.70. The highest BCUT2D eigenvalue weighted by molar-refractivity contribution is 9.10. The van der Waals surface area contributed by atoms with Crippen LogP contribution in [-0.2, 0) is 19.5 Å². The monoisotopic (exact) mass is 334 g/mol. The fourth-order valence-corrected chi connectivity index (χ4v) is 3.10. The van der Waals surface area contributed by atoms with Crippen LogP contribution in [0.2, 0.25) is 0 Å². The molecule has 0 aliphatic carbocycles. The van der Waals surface area contributed by atoms with Gasteiger partial charge in [-0.05, 0) is 37.7 Å². The molecule has 2 aromatic rings. The molecule has 1 aromatic heterocycles. The Hall–Kier alpha value is -1.33. The predicted octanol–water partition coefficient (Wildman–Crippen LogP) is 2.48. The van der Waals surface area contributed by atoms with Crippen LogP contribution in [0.5, 0.6) is 0 Å². The number of benzene rings is 1. The Morgan fingerprint density at radius 1 is 1.25 bits per heavy atom. The van der Waals surface area contributed by atoms with E-state index in [1.54, 1.807) is 0 Å². The number of aromatic nitrogens is 2. The molecule has 5 heteroatoms. The molecule has 0 fully saturated rings. The van der Waals surface area contributed by atoms with E-state index in [-0.39, 0.29) is 0 Å². The third kappa shape index (κ3) is 2.47. The van der Waals surface area contributed by atoms with Gasteiger partial charge in [-0.15, -0.1) is 0 Å². The van der Waals surface area contributed by atoms with Crippen LogP contribution in [0.25, 0.3) is 0 Å². The summed E-state index contributed by atoms with van der Waals surface area (Å²) in [5, 5.41) is 0. The fourth-order valence-electron chi connectivity index (χ4n) is 2.83. The van der Waals surface area contributed by atoms with Gasteiger partial charge in [-0.1, -0.05) is 15.9 Å². The van der Waals surface area contributed by atoms with E-state index in [1.165, 1.54) is 11.4 Å². The van der Waals surface area contributed by atoms with Crippen molar-refractivity contribution >= 4 is 21.6 Å². The lowest BCUT2D eigenvalue weighted by molar-refractivity contribution is 0.557. The first-order valence-electron chi connectivity index (χ1n) is 6.94. The molecule has 106 valence electrons. The maximum Gasteiger partial charge on any atom is 0.106 e. The van der Waals surface area contributed by atoms with E-state index in [0.717, 1.165) is 42.0 Å². The third-order valence-electron chi connectivity index (χ3n) is 3.85. The second kappa shape index (κ2) is 5.58. The minimum atomic E-state index is 0.655.